The van der Waals surface area contributed by atoms with E-state index in [9.17, 15) is 4.79 Å². The van der Waals surface area contributed by atoms with Crippen LogP contribution < -0.4 is 9.64 Å². The van der Waals surface area contributed by atoms with Gasteiger partial charge in [-0.2, -0.15) is 9.36 Å². The molecule has 0 amide bonds. The monoisotopic (exact) mass is 577 g/mol. The summed E-state index contributed by atoms with van der Waals surface area (Å²) in [6, 6.07) is 3.59. The third kappa shape index (κ3) is 4.80. The average molecular weight is 578 g/mol. The van der Waals surface area contributed by atoms with Crippen molar-refractivity contribution in [2.45, 2.75) is 72.5 Å². The number of carbonyl (C=O) groups excluding carboxylic acids is 1. The summed E-state index contributed by atoms with van der Waals surface area (Å²) in [7, 11) is 1.96. The van der Waals surface area contributed by atoms with Crippen LogP contribution in [0.5, 0.6) is 5.75 Å². The molecular weight excluding hydrogens is 541 g/mol. The summed E-state index contributed by atoms with van der Waals surface area (Å²) in [4.78, 5) is 25.2. The van der Waals surface area contributed by atoms with Gasteiger partial charge in [0.1, 0.15) is 11.8 Å². The van der Waals surface area contributed by atoms with Crippen molar-refractivity contribution in [2.75, 3.05) is 24.6 Å². The Morgan fingerprint density at radius 3 is 2.59 bits per heavy atom. The van der Waals surface area contributed by atoms with Crippen molar-refractivity contribution in [3.8, 4) is 27.6 Å². The molecule has 1 fully saturated rings. The van der Waals surface area contributed by atoms with Crippen molar-refractivity contribution in [3.63, 3.8) is 0 Å². The minimum absolute atomic E-state index is 0.135. The number of ketones is 1. The Morgan fingerprint density at radius 2 is 1.93 bits per heavy atom. The van der Waals surface area contributed by atoms with Gasteiger partial charge in [-0.15, -0.1) is 0 Å². The zero-order valence-corrected chi connectivity index (χ0v) is 25.5. The number of aryl methyl sites for hydroxylation is 2. The first-order valence-corrected chi connectivity index (χ1v) is 14.9. The Kier molecular flexibility index (Phi) is 6.89. The van der Waals surface area contributed by atoms with Crippen LogP contribution in [0.3, 0.4) is 0 Å². The Balaban J connectivity index is 1.65. The molecule has 0 bridgehead atoms. The van der Waals surface area contributed by atoms with Gasteiger partial charge in [0.2, 0.25) is 5.95 Å². The summed E-state index contributed by atoms with van der Waals surface area (Å²) in [5, 5.41) is 1.60. The maximum absolute atomic E-state index is 15.7. The number of hydrogen-bond donors (Lipinski definition) is 0. The highest BCUT2D eigenvalue weighted by atomic mass is 32.1. The van der Waals surface area contributed by atoms with Crippen LogP contribution in [0.25, 0.3) is 32.9 Å². The molecule has 0 saturated carbocycles. The molecule has 0 unspecified atom stereocenters. The molecule has 1 saturated heterocycles. The highest BCUT2D eigenvalue weighted by Gasteiger charge is 2.33. The van der Waals surface area contributed by atoms with Gasteiger partial charge in [-0.05, 0) is 95.6 Å². The van der Waals surface area contributed by atoms with Crippen molar-refractivity contribution in [3.05, 3.63) is 40.3 Å². The molecule has 5 heterocycles. The Morgan fingerprint density at radius 1 is 1.17 bits per heavy atom. The van der Waals surface area contributed by atoms with Crippen LogP contribution >= 0.6 is 11.5 Å². The fourth-order valence-corrected chi connectivity index (χ4v) is 6.59. The van der Waals surface area contributed by atoms with Crippen molar-refractivity contribution in [1.29, 1.82) is 0 Å². The first kappa shape index (κ1) is 27.8. The lowest BCUT2D eigenvalue weighted by Crippen LogP contribution is -2.37. The number of nitrogens with zero attached hydrogens (tertiary/aromatic N) is 5. The molecular formula is C31H36FN5O3S. The topological polar surface area (TPSA) is 82.4 Å². The lowest BCUT2D eigenvalue weighted by molar-refractivity contribution is -0.138. The van der Waals surface area contributed by atoms with Gasteiger partial charge in [-0.1, -0.05) is 0 Å². The summed E-state index contributed by atoms with van der Waals surface area (Å²) in [6.07, 6.45) is 1.82. The fraction of sp³-hybridized carbons (Fsp3) is 0.484. The molecule has 6 rings (SSSR count). The van der Waals surface area contributed by atoms with E-state index in [-0.39, 0.29) is 5.78 Å². The average Bonchev–Trinajstić information content (AvgIpc) is 3.47. The highest BCUT2D eigenvalue weighted by molar-refractivity contribution is 7.09. The predicted molar refractivity (Wildman–Crippen MR) is 159 cm³/mol. The largest absolute Gasteiger partial charge is 0.490 e. The number of hydrogen-bond acceptors (Lipinski definition) is 8. The van der Waals surface area contributed by atoms with Gasteiger partial charge in [-0.3, -0.25) is 4.79 Å². The van der Waals surface area contributed by atoms with Gasteiger partial charge in [0.05, 0.1) is 17.9 Å². The summed E-state index contributed by atoms with van der Waals surface area (Å²) >= 11 is 1.36. The summed E-state index contributed by atoms with van der Waals surface area (Å²) in [5.41, 5.74) is 5.61. The molecule has 8 nitrogen and oxygen atoms in total. The van der Waals surface area contributed by atoms with Crippen molar-refractivity contribution >= 4 is 34.3 Å². The number of Topliss-reactive ketones (excluding diaryl/α,β-unsaturated/α-hetero) is 1. The number of anilines is 1. The van der Waals surface area contributed by atoms with Crippen LogP contribution in [0, 0.1) is 19.7 Å². The second kappa shape index (κ2) is 10.2. The van der Waals surface area contributed by atoms with E-state index in [4.69, 9.17) is 19.4 Å². The smallest absolute Gasteiger partial charge is 0.237 e. The molecule has 10 heteroatoms. The number of fused-ring (bicyclic) bond motifs is 2. The normalized spacial score (nSPS) is 16.0. The third-order valence-electron chi connectivity index (χ3n) is 7.98. The van der Waals surface area contributed by atoms with E-state index in [0.717, 1.165) is 82.3 Å². The Labute approximate surface area is 243 Å². The quantitative estimate of drug-likeness (QED) is 0.259. The number of ether oxygens (including phenoxy) is 2. The van der Waals surface area contributed by atoms with E-state index in [0.29, 0.717) is 23.6 Å². The van der Waals surface area contributed by atoms with Crippen molar-refractivity contribution in [1.82, 2.24) is 18.9 Å². The number of benzene rings is 1. The number of pyridine rings is 1. The lowest BCUT2D eigenvalue weighted by Gasteiger charge is -2.30. The zero-order valence-electron chi connectivity index (χ0n) is 24.7. The van der Waals surface area contributed by atoms with E-state index < -0.39 is 17.5 Å². The second-order valence-electron chi connectivity index (χ2n) is 12.1. The van der Waals surface area contributed by atoms with Gasteiger partial charge >= 0.3 is 0 Å². The standard InChI is InChI=1S/C31H36FN5O3S/c1-16-19-10-8-13-39-27(19)22(32)14-20(16)25-21-15-23(29-34-30(35-41-29)37-11-9-12-37)36(7)28(21)33-17(2)24(25)26(18(3)38)40-31(4,5)6/h14-15,26H,8-13H2,1-7H3/t26-/m1/s1. The highest BCUT2D eigenvalue weighted by Crippen LogP contribution is 2.46. The zero-order chi connectivity index (χ0) is 29.2. The van der Waals surface area contributed by atoms with Crippen molar-refractivity contribution < 1.29 is 18.7 Å². The van der Waals surface area contributed by atoms with Gasteiger partial charge in [0, 0.05) is 47.9 Å². The predicted octanol–water partition coefficient (Wildman–Crippen LogP) is 6.50. The molecule has 41 heavy (non-hydrogen) atoms. The number of halogens is 1. The summed E-state index contributed by atoms with van der Waals surface area (Å²) in [6.45, 7) is 13.7. The minimum atomic E-state index is -0.875. The van der Waals surface area contributed by atoms with Gasteiger partial charge in [-0.25, -0.2) is 9.37 Å². The number of carbonyl (C=O) groups is 1. The second-order valence-corrected chi connectivity index (χ2v) is 12.8. The first-order chi connectivity index (χ1) is 19.4. The van der Waals surface area contributed by atoms with Crippen LogP contribution in [0.1, 0.15) is 69.0 Å². The van der Waals surface area contributed by atoms with E-state index in [1.807, 2.05) is 52.3 Å². The molecule has 0 spiro atoms. The van der Waals surface area contributed by atoms with Crippen LogP contribution in [0.4, 0.5) is 10.3 Å². The molecule has 2 aliphatic heterocycles. The van der Waals surface area contributed by atoms with Crippen molar-refractivity contribution in [2.24, 2.45) is 7.05 Å². The molecule has 1 aromatic carbocycles. The third-order valence-corrected chi connectivity index (χ3v) is 8.71. The number of rotatable bonds is 6. The Hall–Kier alpha value is -3.37. The van der Waals surface area contributed by atoms with Crippen LogP contribution in [0.15, 0.2) is 12.1 Å². The Bertz CT molecular complexity index is 1680. The van der Waals surface area contributed by atoms with Gasteiger partial charge in [0.25, 0.3) is 0 Å². The molecule has 4 aromatic rings. The molecule has 216 valence electrons. The van der Waals surface area contributed by atoms with Gasteiger partial charge in [0.15, 0.2) is 22.4 Å². The van der Waals surface area contributed by atoms with E-state index >= 15 is 4.39 Å². The van der Waals surface area contributed by atoms with E-state index in [1.165, 1.54) is 18.5 Å². The fourth-order valence-electron chi connectivity index (χ4n) is 5.85. The van der Waals surface area contributed by atoms with Crippen LogP contribution in [0.2, 0.25) is 0 Å². The van der Waals surface area contributed by atoms with Crippen LogP contribution in [-0.2, 0) is 23.0 Å². The SMILES string of the molecule is CC(=O)[C@@H](OC(C)(C)C)c1c(C)nc2c(cc(-c3nc(N4CCC4)ns3)n2C)c1-c1cc(F)c2c(c1C)CCCO2. The van der Waals surface area contributed by atoms with E-state index in [1.54, 1.807) is 6.07 Å². The molecule has 0 aliphatic carbocycles. The molecule has 0 N–H and O–H groups in total. The minimum Gasteiger partial charge on any atom is -0.490 e. The van der Waals surface area contributed by atoms with Gasteiger partial charge < -0.3 is 18.9 Å². The molecule has 0 radical (unpaired) electrons. The molecule has 1 atom stereocenters. The summed E-state index contributed by atoms with van der Waals surface area (Å²) < 4.78 is 34.4. The molecule has 2 aliphatic rings. The maximum atomic E-state index is 15.7. The molecule has 3 aromatic heterocycles. The lowest BCUT2D eigenvalue weighted by atomic mass is 9.86. The first-order valence-electron chi connectivity index (χ1n) is 14.2. The van der Waals surface area contributed by atoms with Crippen LogP contribution in [-0.4, -0.2) is 50.0 Å². The summed E-state index contributed by atoms with van der Waals surface area (Å²) in [5.74, 6) is 0.541. The maximum Gasteiger partial charge on any atom is 0.237 e. The van der Waals surface area contributed by atoms with E-state index in [2.05, 4.69) is 9.27 Å². The number of aromatic nitrogens is 4.